The molecule has 19 heavy (non-hydrogen) atoms. The summed E-state index contributed by atoms with van der Waals surface area (Å²) in [5, 5.41) is 15.9. The molecule has 0 radical (unpaired) electrons. The molecule has 0 bridgehead atoms. The summed E-state index contributed by atoms with van der Waals surface area (Å²) in [6.07, 6.45) is 3.39. The molecular formula is C12H13BrN4O2. The standard InChI is InChI=1S/C12H13BrN4O2/c1-2-17-7-9(6-15-17)19-11-5-8(13)3-4-10(11)12(14)16-18/h3-7,18H,2H2,1H3,(H2,14,16). The van der Waals surface area contributed by atoms with Crippen LogP contribution in [0.5, 0.6) is 11.5 Å². The lowest BCUT2D eigenvalue weighted by atomic mass is 10.2. The number of amidine groups is 1. The third-order valence-electron chi connectivity index (χ3n) is 2.49. The highest BCUT2D eigenvalue weighted by atomic mass is 79.9. The second-order valence-electron chi connectivity index (χ2n) is 3.76. The third-order valence-corrected chi connectivity index (χ3v) is 2.98. The zero-order valence-corrected chi connectivity index (χ0v) is 11.8. The van der Waals surface area contributed by atoms with E-state index in [1.54, 1.807) is 35.3 Å². The Kier molecular flexibility index (Phi) is 4.06. The smallest absolute Gasteiger partial charge is 0.173 e. The lowest BCUT2D eigenvalue weighted by Gasteiger charge is -2.09. The molecule has 0 aliphatic carbocycles. The van der Waals surface area contributed by atoms with Crippen LogP contribution in [0.25, 0.3) is 0 Å². The van der Waals surface area contributed by atoms with Gasteiger partial charge in [-0.1, -0.05) is 21.1 Å². The molecule has 0 aliphatic rings. The fourth-order valence-electron chi connectivity index (χ4n) is 1.54. The third kappa shape index (κ3) is 3.05. The predicted molar refractivity (Wildman–Crippen MR) is 74.6 cm³/mol. The molecule has 0 saturated carbocycles. The highest BCUT2D eigenvalue weighted by Gasteiger charge is 2.11. The van der Waals surface area contributed by atoms with Gasteiger partial charge in [0.1, 0.15) is 5.75 Å². The van der Waals surface area contributed by atoms with Crippen LogP contribution in [0.4, 0.5) is 0 Å². The van der Waals surface area contributed by atoms with Crippen molar-refractivity contribution in [2.75, 3.05) is 0 Å². The van der Waals surface area contributed by atoms with Crippen LogP contribution in [0.15, 0.2) is 40.2 Å². The van der Waals surface area contributed by atoms with Crippen LogP contribution in [0, 0.1) is 0 Å². The van der Waals surface area contributed by atoms with Crippen molar-refractivity contribution in [2.45, 2.75) is 13.5 Å². The van der Waals surface area contributed by atoms with Crippen molar-refractivity contribution in [2.24, 2.45) is 10.9 Å². The SMILES string of the molecule is CCn1cc(Oc2cc(Br)ccc2/C(N)=N/O)cn1. The van der Waals surface area contributed by atoms with Crippen LogP contribution in [-0.2, 0) is 6.54 Å². The van der Waals surface area contributed by atoms with E-state index in [0.717, 1.165) is 11.0 Å². The van der Waals surface area contributed by atoms with Gasteiger partial charge in [-0.25, -0.2) is 0 Å². The largest absolute Gasteiger partial charge is 0.453 e. The topological polar surface area (TPSA) is 85.7 Å². The number of hydrogen-bond acceptors (Lipinski definition) is 4. The Balaban J connectivity index is 2.35. The van der Waals surface area contributed by atoms with Gasteiger partial charge in [0.2, 0.25) is 0 Å². The highest BCUT2D eigenvalue weighted by Crippen LogP contribution is 2.28. The van der Waals surface area contributed by atoms with Gasteiger partial charge >= 0.3 is 0 Å². The minimum Gasteiger partial charge on any atom is -0.453 e. The van der Waals surface area contributed by atoms with Crippen molar-refractivity contribution in [1.82, 2.24) is 9.78 Å². The van der Waals surface area contributed by atoms with Crippen LogP contribution < -0.4 is 10.5 Å². The molecular weight excluding hydrogens is 312 g/mol. The molecule has 1 aromatic heterocycles. The molecule has 7 heteroatoms. The van der Waals surface area contributed by atoms with E-state index in [2.05, 4.69) is 26.2 Å². The molecule has 1 aromatic carbocycles. The van der Waals surface area contributed by atoms with E-state index in [4.69, 9.17) is 15.7 Å². The minimum absolute atomic E-state index is 0.00890. The summed E-state index contributed by atoms with van der Waals surface area (Å²) in [5.41, 5.74) is 6.12. The molecule has 0 atom stereocenters. The minimum atomic E-state index is -0.00890. The first-order valence-corrected chi connectivity index (χ1v) is 6.41. The van der Waals surface area contributed by atoms with E-state index >= 15 is 0 Å². The van der Waals surface area contributed by atoms with E-state index < -0.39 is 0 Å². The molecule has 2 aromatic rings. The number of nitrogens with zero attached hydrogens (tertiary/aromatic N) is 3. The van der Waals surface area contributed by atoms with Crippen molar-refractivity contribution in [3.05, 3.63) is 40.6 Å². The molecule has 1 heterocycles. The number of ether oxygens (including phenoxy) is 1. The van der Waals surface area contributed by atoms with Crippen LogP contribution in [0.3, 0.4) is 0 Å². The number of halogens is 1. The lowest BCUT2D eigenvalue weighted by molar-refractivity contribution is 0.318. The molecule has 0 fully saturated rings. The van der Waals surface area contributed by atoms with Gasteiger partial charge in [0.25, 0.3) is 0 Å². The monoisotopic (exact) mass is 324 g/mol. The summed E-state index contributed by atoms with van der Waals surface area (Å²) in [6, 6.07) is 5.24. The number of oxime groups is 1. The van der Waals surface area contributed by atoms with Crippen molar-refractivity contribution >= 4 is 21.8 Å². The van der Waals surface area contributed by atoms with E-state index in [1.165, 1.54) is 0 Å². The summed E-state index contributed by atoms with van der Waals surface area (Å²) in [5.74, 6) is 1.07. The zero-order chi connectivity index (χ0) is 13.8. The maximum atomic E-state index is 8.77. The molecule has 3 N–H and O–H groups in total. The average Bonchev–Trinajstić information content (AvgIpc) is 2.86. The molecule has 0 saturated heterocycles. The van der Waals surface area contributed by atoms with Crippen molar-refractivity contribution in [3.8, 4) is 11.5 Å². The number of hydrogen-bond donors (Lipinski definition) is 2. The Labute approximate surface area is 118 Å². The predicted octanol–water partition coefficient (Wildman–Crippen LogP) is 2.55. The van der Waals surface area contributed by atoms with Crippen molar-refractivity contribution in [1.29, 1.82) is 0 Å². The molecule has 0 spiro atoms. The molecule has 6 nitrogen and oxygen atoms in total. The van der Waals surface area contributed by atoms with Gasteiger partial charge in [-0.15, -0.1) is 0 Å². The van der Waals surface area contributed by atoms with Gasteiger partial charge in [0.15, 0.2) is 11.6 Å². The second kappa shape index (κ2) is 5.75. The van der Waals surface area contributed by atoms with Crippen LogP contribution in [0.1, 0.15) is 12.5 Å². The Morgan fingerprint density at radius 1 is 1.58 bits per heavy atom. The molecule has 100 valence electrons. The van der Waals surface area contributed by atoms with E-state index in [1.807, 2.05) is 6.92 Å². The zero-order valence-electron chi connectivity index (χ0n) is 10.2. The second-order valence-corrected chi connectivity index (χ2v) is 4.68. The molecule has 0 unspecified atom stereocenters. The number of benzene rings is 1. The summed E-state index contributed by atoms with van der Waals surface area (Å²) >= 11 is 3.36. The summed E-state index contributed by atoms with van der Waals surface area (Å²) in [6.45, 7) is 2.74. The van der Waals surface area contributed by atoms with Crippen LogP contribution in [-0.4, -0.2) is 20.8 Å². The van der Waals surface area contributed by atoms with Crippen molar-refractivity contribution in [3.63, 3.8) is 0 Å². The number of rotatable bonds is 4. The first-order chi connectivity index (χ1) is 9.13. The first kappa shape index (κ1) is 13.4. The first-order valence-electron chi connectivity index (χ1n) is 5.61. The van der Waals surface area contributed by atoms with Gasteiger partial charge in [0, 0.05) is 11.0 Å². The fraction of sp³-hybridized carbons (Fsp3) is 0.167. The molecule has 0 aliphatic heterocycles. The summed E-state index contributed by atoms with van der Waals surface area (Å²) in [4.78, 5) is 0. The summed E-state index contributed by atoms with van der Waals surface area (Å²) < 4.78 is 8.29. The average molecular weight is 325 g/mol. The Bertz CT molecular complexity index is 610. The van der Waals surface area contributed by atoms with E-state index in [0.29, 0.717) is 17.1 Å². The van der Waals surface area contributed by atoms with E-state index in [-0.39, 0.29) is 5.84 Å². The number of aryl methyl sites for hydroxylation is 1. The fourth-order valence-corrected chi connectivity index (χ4v) is 1.88. The van der Waals surface area contributed by atoms with Crippen LogP contribution in [0.2, 0.25) is 0 Å². The van der Waals surface area contributed by atoms with E-state index in [9.17, 15) is 0 Å². The van der Waals surface area contributed by atoms with Gasteiger partial charge in [0.05, 0.1) is 18.0 Å². The molecule has 2 rings (SSSR count). The van der Waals surface area contributed by atoms with Crippen LogP contribution >= 0.6 is 15.9 Å². The van der Waals surface area contributed by atoms with Gasteiger partial charge in [-0.05, 0) is 25.1 Å². The van der Waals surface area contributed by atoms with Gasteiger partial charge in [-0.3, -0.25) is 4.68 Å². The number of nitrogens with two attached hydrogens (primary N) is 1. The lowest BCUT2D eigenvalue weighted by Crippen LogP contribution is -2.14. The summed E-state index contributed by atoms with van der Waals surface area (Å²) in [7, 11) is 0. The normalized spacial score (nSPS) is 11.6. The van der Waals surface area contributed by atoms with Gasteiger partial charge in [-0.2, -0.15) is 5.10 Å². The Hall–Kier alpha value is -2.02. The Morgan fingerprint density at radius 2 is 2.37 bits per heavy atom. The maximum absolute atomic E-state index is 8.77. The number of aromatic nitrogens is 2. The van der Waals surface area contributed by atoms with Crippen molar-refractivity contribution < 1.29 is 9.94 Å². The molecule has 0 amide bonds. The Morgan fingerprint density at radius 3 is 3.00 bits per heavy atom. The quantitative estimate of drug-likeness (QED) is 0.391. The maximum Gasteiger partial charge on any atom is 0.173 e. The van der Waals surface area contributed by atoms with Gasteiger partial charge < -0.3 is 15.7 Å². The highest BCUT2D eigenvalue weighted by molar-refractivity contribution is 9.10.